The van der Waals surface area contributed by atoms with Crippen molar-refractivity contribution in [3.63, 3.8) is 0 Å². The first kappa shape index (κ1) is 14.3. The molecule has 0 aromatic rings. The molecule has 0 amide bonds. The van der Waals surface area contributed by atoms with Gasteiger partial charge in [-0.2, -0.15) is 11.8 Å². The Morgan fingerprint density at radius 2 is 1.81 bits per heavy atom. The van der Waals surface area contributed by atoms with Gasteiger partial charge >= 0.3 is 0 Å². The van der Waals surface area contributed by atoms with Crippen molar-refractivity contribution >= 4 is 11.8 Å². The molecule has 0 radical (unpaired) electrons. The van der Waals surface area contributed by atoms with Crippen LogP contribution in [0.1, 0.15) is 32.6 Å². The Morgan fingerprint density at radius 1 is 1.19 bits per heavy atom. The summed E-state index contributed by atoms with van der Waals surface area (Å²) >= 11 is 1.98. The highest BCUT2D eigenvalue weighted by Crippen LogP contribution is 2.27. The third-order valence-electron chi connectivity index (χ3n) is 3.36. The molecule has 3 nitrogen and oxygen atoms in total. The van der Waals surface area contributed by atoms with E-state index in [1.807, 2.05) is 11.8 Å². The van der Waals surface area contributed by atoms with E-state index >= 15 is 0 Å². The first-order valence-corrected chi connectivity index (χ1v) is 7.36. The van der Waals surface area contributed by atoms with Crippen LogP contribution in [0.5, 0.6) is 0 Å². The van der Waals surface area contributed by atoms with Crippen molar-refractivity contribution in [3.8, 4) is 0 Å². The molecule has 1 fully saturated rings. The summed E-state index contributed by atoms with van der Waals surface area (Å²) < 4.78 is 10.6. The maximum Gasteiger partial charge on any atom is 0.171 e. The first-order valence-electron chi connectivity index (χ1n) is 6.07. The zero-order valence-electron chi connectivity index (χ0n) is 10.9. The second-order valence-corrected chi connectivity index (χ2v) is 5.54. The molecule has 96 valence electrons. The van der Waals surface area contributed by atoms with Crippen LogP contribution < -0.4 is 5.32 Å². The van der Waals surface area contributed by atoms with E-state index in [1.165, 1.54) is 25.7 Å². The molecule has 0 spiro atoms. The lowest BCUT2D eigenvalue weighted by atomic mass is 9.94. The quantitative estimate of drug-likeness (QED) is 0.729. The Morgan fingerprint density at radius 3 is 2.38 bits per heavy atom. The molecule has 1 saturated carbocycles. The van der Waals surface area contributed by atoms with Crippen LogP contribution in [0.3, 0.4) is 0 Å². The van der Waals surface area contributed by atoms with E-state index in [2.05, 4.69) is 18.5 Å². The van der Waals surface area contributed by atoms with Crippen molar-refractivity contribution in [2.45, 2.75) is 56.2 Å². The number of ether oxygens (including phenoxy) is 2. The Balaban J connectivity index is 2.43. The normalized spacial score (nSPS) is 28.3. The molecule has 3 unspecified atom stereocenters. The average Bonchev–Trinajstić information content (AvgIpc) is 2.31. The fourth-order valence-electron chi connectivity index (χ4n) is 2.49. The van der Waals surface area contributed by atoms with Crippen LogP contribution in [-0.2, 0) is 9.47 Å². The van der Waals surface area contributed by atoms with Gasteiger partial charge in [0.15, 0.2) is 6.29 Å². The maximum atomic E-state index is 5.28. The van der Waals surface area contributed by atoms with E-state index < -0.39 is 0 Å². The lowest BCUT2D eigenvalue weighted by Gasteiger charge is -2.35. The van der Waals surface area contributed by atoms with Crippen molar-refractivity contribution in [2.24, 2.45) is 0 Å². The van der Waals surface area contributed by atoms with Gasteiger partial charge in [0.25, 0.3) is 0 Å². The molecule has 1 aliphatic carbocycles. The van der Waals surface area contributed by atoms with E-state index in [0.29, 0.717) is 6.04 Å². The smallest absolute Gasteiger partial charge is 0.171 e. The third kappa shape index (κ3) is 3.91. The molecule has 0 aliphatic heterocycles. The summed E-state index contributed by atoms with van der Waals surface area (Å²) in [5.41, 5.74) is 0. The van der Waals surface area contributed by atoms with Gasteiger partial charge in [-0.05, 0) is 26.0 Å². The topological polar surface area (TPSA) is 30.5 Å². The second-order valence-electron chi connectivity index (χ2n) is 4.46. The van der Waals surface area contributed by atoms with E-state index in [0.717, 1.165) is 5.25 Å². The molecule has 3 atom stereocenters. The highest BCUT2D eigenvalue weighted by molar-refractivity contribution is 7.99. The van der Waals surface area contributed by atoms with Gasteiger partial charge in [0.05, 0.1) is 6.04 Å². The number of hydrogen-bond donors (Lipinski definition) is 1. The number of thioether (sulfide) groups is 1. The van der Waals surface area contributed by atoms with Gasteiger partial charge in [-0.15, -0.1) is 0 Å². The van der Waals surface area contributed by atoms with Gasteiger partial charge in [-0.1, -0.05) is 12.8 Å². The molecule has 1 rings (SSSR count). The molecule has 1 N–H and O–H groups in total. The summed E-state index contributed by atoms with van der Waals surface area (Å²) in [6, 6.07) is 0.847. The van der Waals surface area contributed by atoms with Crippen LogP contribution in [-0.4, -0.2) is 44.1 Å². The summed E-state index contributed by atoms with van der Waals surface area (Å²) in [7, 11) is 3.39. The molecule has 4 heteroatoms. The van der Waals surface area contributed by atoms with E-state index in [-0.39, 0.29) is 12.3 Å². The minimum atomic E-state index is -0.149. The minimum absolute atomic E-state index is 0.149. The predicted molar refractivity (Wildman–Crippen MR) is 70.0 cm³/mol. The molecular weight excluding hydrogens is 222 g/mol. The van der Waals surface area contributed by atoms with Crippen molar-refractivity contribution in [1.82, 2.24) is 5.32 Å². The molecule has 0 heterocycles. The van der Waals surface area contributed by atoms with Crippen molar-refractivity contribution in [1.29, 1.82) is 0 Å². The maximum absolute atomic E-state index is 5.28. The highest BCUT2D eigenvalue weighted by Gasteiger charge is 2.27. The molecule has 0 aromatic carbocycles. The fraction of sp³-hybridized carbons (Fsp3) is 1.00. The van der Waals surface area contributed by atoms with Crippen LogP contribution in [0.25, 0.3) is 0 Å². The molecule has 1 aliphatic rings. The van der Waals surface area contributed by atoms with Gasteiger partial charge in [-0.25, -0.2) is 0 Å². The van der Waals surface area contributed by atoms with Crippen molar-refractivity contribution < 1.29 is 9.47 Å². The van der Waals surface area contributed by atoms with Crippen LogP contribution >= 0.6 is 11.8 Å². The Kier molecular flexibility index (Phi) is 6.73. The standard InChI is InChI=1S/C12H25NO2S/c1-9(12(14-2)15-3)13-10-7-5-6-8-11(10)16-4/h9-13H,5-8H2,1-4H3. The number of methoxy groups -OCH3 is 2. The fourth-order valence-corrected chi connectivity index (χ4v) is 3.44. The summed E-state index contributed by atoms with van der Waals surface area (Å²) in [6.07, 6.45) is 7.37. The minimum Gasteiger partial charge on any atom is -0.354 e. The van der Waals surface area contributed by atoms with Crippen molar-refractivity contribution in [3.05, 3.63) is 0 Å². The summed E-state index contributed by atoms with van der Waals surface area (Å²) in [5.74, 6) is 0. The Bertz CT molecular complexity index is 188. The summed E-state index contributed by atoms with van der Waals surface area (Å²) in [4.78, 5) is 0. The average molecular weight is 247 g/mol. The molecule has 0 aromatic heterocycles. The molecule has 0 saturated heterocycles. The molecular formula is C12H25NO2S. The van der Waals surface area contributed by atoms with Crippen LogP contribution in [0, 0.1) is 0 Å². The molecule has 16 heavy (non-hydrogen) atoms. The van der Waals surface area contributed by atoms with E-state index in [9.17, 15) is 0 Å². The van der Waals surface area contributed by atoms with E-state index in [4.69, 9.17) is 9.47 Å². The third-order valence-corrected chi connectivity index (χ3v) is 4.52. The number of hydrogen-bond acceptors (Lipinski definition) is 4. The zero-order chi connectivity index (χ0) is 12.0. The van der Waals surface area contributed by atoms with Crippen molar-refractivity contribution in [2.75, 3.05) is 20.5 Å². The zero-order valence-corrected chi connectivity index (χ0v) is 11.7. The largest absolute Gasteiger partial charge is 0.354 e. The first-order chi connectivity index (χ1) is 7.72. The molecule has 0 bridgehead atoms. The highest BCUT2D eigenvalue weighted by atomic mass is 32.2. The number of rotatable bonds is 6. The van der Waals surface area contributed by atoms with Crippen LogP contribution in [0.2, 0.25) is 0 Å². The predicted octanol–water partition coefficient (Wildman–Crippen LogP) is 2.26. The lowest BCUT2D eigenvalue weighted by molar-refractivity contribution is -0.121. The SMILES string of the molecule is COC(OC)C(C)NC1CCCCC1SC. The van der Waals surface area contributed by atoms with Gasteiger partial charge in [-0.3, -0.25) is 0 Å². The Labute approximate surface area is 104 Å². The van der Waals surface area contributed by atoms with Crippen LogP contribution in [0.15, 0.2) is 0 Å². The van der Waals surface area contributed by atoms with Crippen LogP contribution in [0.4, 0.5) is 0 Å². The van der Waals surface area contributed by atoms with Gasteiger partial charge in [0, 0.05) is 25.5 Å². The summed E-state index contributed by atoms with van der Waals surface area (Å²) in [6.45, 7) is 2.13. The number of nitrogens with one attached hydrogen (secondary N) is 1. The monoisotopic (exact) mass is 247 g/mol. The summed E-state index contributed by atoms with van der Waals surface area (Å²) in [5, 5.41) is 4.39. The van der Waals surface area contributed by atoms with Gasteiger partial charge < -0.3 is 14.8 Å². The lowest BCUT2D eigenvalue weighted by Crippen LogP contribution is -2.50. The van der Waals surface area contributed by atoms with Gasteiger partial charge in [0.2, 0.25) is 0 Å². The van der Waals surface area contributed by atoms with Gasteiger partial charge in [0.1, 0.15) is 0 Å². The Hall–Kier alpha value is 0.230. The second kappa shape index (κ2) is 7.54. The van der Waals surface area contributed by atoms with E-state index in [1.54, 1.807) is 14.2 Å².